The van der Waals surface area contributed by atoms with E-state index in [1.165, 1.54) is 0 Å². The van der Waals surface area contributed by atoms with E-state index < -0.39 is 0 Å². The average Bonchev–Trinajstić information content (AvgIpc) is 2.67. The molecule has 0 bridgehead atoms. The lowest BCUT2D eigenvalue weighted by Crippen LogP contribution is -2.37. The fourth-order valence-electron chi connectivity index (χ4n) is 1.57. The molecule has 2 N–H and O–H groups in total. The minimum absolute atomic E-state index is 0.0277. The zero-order valence-corrected chi connectivity index (χ0v) is 9.01. The molecule has 2 atom stereocenters. The van der Waals surface area contributed by atoms with Gasteiger partial charge in [0, 0.05) is 26.7 Å². The largest absolute Gasteiger partial charge is 0.381 e. The van der Waals surface area contributed by atoms with Crippen molar-refractivity contribution in [1.82, 2.24) is 10.1 Å². The summed E-state index contributed by atoms with van der Waals surface area (Å²) in [5, 5.41) is 3.85. The summed E-state index contributed by atoms with van der Waals surface area (Å²) in [5.74, 6) is 1.17. The second-order valence-corrected chi connectivity index (χ2v) is 3.96. The number of rotatable bonds is 2. The number of nitrogens with two attached hydrogens (primary N) is 1. The lowest BCUT2D eigenvalue weighted by atomic mass is 9.97. The van der Waals surface area contributed by atoms with Crippen LogP contribution in [0, 0.1) is 0 Å². The van der Waals surface area contributed by atoms with Gasteiger partial charge in [-0.25, -0.2) is 0 Å². The summed E-state index contributed by atoms with van der Waals surface area (Å²) in [5.41, 5.74) is 5.97. The van der Waals surface area contributed by atoms with E-state index in [9.17, 15) is 0 Å². The predicted molar refractivity (Wildman–Crippen MR) is 54.8 cm³/mol. The van der Waals surface area contributed by atoms with Gasteiger partial charge in [0.25, 0.3) is 5.95 Å². The smallest absolute Gasteiger partial charge is 0.265 e. The predicted octanol–water partition coefficient (Wildman–Crippen LogP) is -0.0332. The van der Waals surface area contributed by atoms with Crippen LogP contribution in [0.15, 0.2) is 4.52 Å². The first-order chi connectivity index (χ1) is 7.18. The van der Waals surface area contributed by atoms with E-state index in [1.807, 2.05) is 14.1 Å². The second-order valence-electron chi connectivity index (χ2n) is 3.96. The van der Waals surface area contributed by atoms with E-state index >= 15 is 0 Å². The van der Waals surface area contributed by atoms with E-state index in [0.29, 0.717) is 25.1 Å². The fourth-order valence-corrected chi connectivity index (χ4v) is 1.57. The van der Waals surface area contributed by atoms with E-state index in [-0.39, 0.29) is 12.0 Å². The van der Waals surface area contributed by atoms with Gasteiger partial charge in [0.1, 0.15) is 0 Å². The molecule has 1 aliphatic heterocycles. The van der Waals surface area contributed by atoms with Crippen molar-refractivity contribution >= 4 is 5.95 Å². The molecule has 6 nitrogen and oxygen atoms in total. The second kappa shape index (κ2) is 4.16. The van der Waals surface area contributed by atoms with Gasteiger partial charge in [-0.15, -0.1) is 0 Å². The highest BCUT2D eigenvalue weighted by Crippen LogP contribution is 2.24. The molecule has 2 unspecified atom stereocenters. The monoisotopic (exact) mass is 212 g/mol. The molecule has 2 rings (SSSR count). The number of anilines is 1. The Morgan fingerprint density at radius 3 is 2.87 bits per heavy atom. The Bertz CT molecular complexity index is 326. The van der Waals surface area contributed by atoms with Gasteiger partial charge in [-0.2, -0.15) is 4.98 Å². The Morgan fingerprint density at radius 1 is 1.47 bits per heavy atom. The van der Waals surface area contributed by atoms with E-state index in [2.05, 4.69) is 10.1 Å². The summed E-state index contributed by atoms with van der Waals surface area (Å²) in [7, 11) is 3.73. The minimum Gasteiger partial charge on any atom is -0.381 e. The quantitative estimate of drug-likeness (QED) is 0.741. The molecule has 0 aliphatic carbocycles. The van der Waals surface area contributed by atoms with Crippen LogP contribution in [-0.4, -0.2) is 43.5 Å². The van der Waals surface area contributed by atoms with Gasteiger partial charge in [-0.3, -0.25) is 0 Å². The summed E-state index contributed by atoms with van der Waals surface area (Å²) < 4.78 is 10.5. The normalized spacial score (nSPS) is 26.6. The summed E-state index contributed by atoms with van der Waals surface area (Å²) >= 11 is 0. The maximum Gasteiger partial charge on any atom is 0.265 e. The number of hydrogen-bond acceptors (Lipinski definition) is 6. The molecule has 1 aliphatic rings. The molecule has 1 saturated heterocycles. The molecule has 0 spiro atoms. The van der Waals surface area contributed by atoms with Crippen LogP contribution in [0.4, 0.5) is 5.95 Å². The van der Waals surface area contributed by atoms with Crippen molar-refractivity contribution in [2.45, 2.75) is 18.4 Å². The van der Waals surface area contributed by atoms with Crippen molar-refractivity contribution in [3.63, 3.8) is 0 Å². The SMILES string of the molecule is CN(C)c1noc(C2COCCC2N)n1. The van der Waals surface area contributed by atoms with Crippen LogP contribution in [0.25, 0.3) is 0 Å². The fraction of sp³-hybridized carbons (Fsp3) is 0.778. The summed E-state index contributed by atoms with van der Waals surface area (Å²) in [4.78, 5) is 6.07. The van der Waals surface area contributed by atoms with Crippen molar-refractivity contribution < 1.29 is 9.26 Å². The molecule has 1 fully saturated rings. The van der Waals surface area contributed by atoms with Crippen molar-refractivity contribution in [3.8, 4) is 0 Å². The Balaban J connectivity index is 2.13. The Labute approximate surface area is 88.4 Å². The maximum atomic E-state index is 5.97. The molecule has 0 aromatic carbocycles. The molecular weight excluding hydrogens is 196 g/mol. The number of nitrogens with zero attached hydrogens (tertiary/aromatic N) is 3. The first kappa shape index (κ1) is 10.4. The van der Waals surface area contributed by atoms with Gasteiger partial charge in [0.05, 0.1) is 12.5 Å². The van der Waals surface area contributed by atoms with E-state index in [1.54, 1.807) is 4.90 Å². The molecule has 0 amide bonds. The van der Waals surface area contributed by atoms with Crippen LogP contribution >= 0.6 is 0 Å². The maximum absolute atomic E-state index is 5.97. The molecule has 1 aromatic heterocycles. The molecule has 0 radical (unpaired) electrons. The van der Waals surface area contributed by atoms with Crippen molar-refractivity contribution in [1.29, 1.82) is 0 Å². The van der Waals surface area contributed by atoms with Crippen LogP contribution < -0.4 is 10.6 Å². The topological polar surface area (TPSA) is 77.4 Å². The first-order valence-corrected chi connectivity index (χ1v) is 5.02. The standard InChI is InChI=1S/C9H16N4O2/c1-13(2)9-11-8(15-12-9)6-5-14-4-3-7(6)10/h6-7H,3-5,10H2,1-2H3. The zero-order valence-electron chi connectivity index (χ0n) is 9.01. The average molecular weight is 212 g/mol. The van der Waals surface area contributed by atoms with Crippen LogP contribution in [0.2, 0.25) is 0 Å². The number of ether oxygens (including phenoxy) is 1. The van der Waals surface area contributed by atoms with Crippen molar-refractivity contribution in [2.24, 2.45) is 5.73 Å². The van der Waals surface area contributed by atoms with Gasteiger partial charge in [0.2, 0.25) is 5.89 Å². The highest BCUT2D eigenvalue weighted by Gasteiger charge is 2.29. The molecule has 0 saturated carbocycles. The number of hydrogen-bond donors (Lipinski definition) is 1. The van der Waals surface area contributed by atoms with Gasteiger partial charge in [-0.1, -0.05) is 0 Å². The summed E-state index contributed by atoms with van der Waals surface area (Å²) in [6.45, 7) is 1.28. The molecule has 6 heteroatoms. The van der Waals surface area contributed by atoms with Crippen LogP contribution in [0.5, 0.6) is 0 Å². The highest BCUT2D eigenvalue weighted by molar-refractivity contribution is 5.24. The summed E-state index contributed by atoms with van der Waals surface area (Å²) in [6, 6.07) is 0.0502. The molecule has 2 heterocycles. The summed E-state index contributed by atoms with van der Waals surface area (Å²) in [6.07, 6.45) is 0.838. The van der Waals surface area contributed by atoms with Crippen molar-refractivity contribution in [3.05, 3.63) is 5.89 Å². The minimum atomic E-state index is 0.0277. The van der Waals surface area contributed by atoms with Crippen LogP contribution in [0.1, 0.15) is 18.2 Å². The number of aromatic nitrogens is 2. The molecule has 15 heavy (non-hydrogen) atoms. The lowest BCUT2D eigenvalue weighted by molar-refractivity contribution is 0.0590. The van der Waals surface area contributed by atoms with Gasteiger partial charge in [-0.05, 0) is 11.6 Å². The van der Waals surface area contributed by atoms with E-state index in [4.69, 9.17) is 15.0 Å². The first-order valence-electron chi connectivity index (χ1n) is 5.02. The van der Waals surface area contributed by atoms with Gasteiger partial charge < -0.3 is 19.9 Å². The van der Waals surface area contributed by atoms with Gasteiger partial charge >= 0.3 is 0 Å². The third-order valence-electron chi connectivity index (χ3n) is 2.56. The highest BCUT2D eigenvalue weighted by atomic mass is 16.5. The van der Waals surface area contributed by atoms with Gasteiger partial charge in [0.15, 0.2) is 0 Å². The molecule has 1 aromatic rings. The molecular formula is C9H16N4O2. The lowest BCUT2D eigenvalue weighted by Gasteiger charge is -2.25. The Hall–Kier alpha value is -1.14. The zero-order chi connectivity index (χ0) is 10.8. The third-order valence-corrected chi connectivity index (χ3v) is 2.56. The van der Waals surface area contributed by atoms with Crippen LogP contribution in [0.3, 0.4) is 0 Å². The Morgan fingerprint density at radius 2 is 2.27 bits per heavy atom. The van der Waals surface area contributed by atoms with Crippen LogP contribution in [-0.2, 0) is 4.74 Å². The molecule has 84 valence electrons. The van der Waals surface area contributed by atoms with E-state index in [0.717, 1.165) is 6.42 Å². The third kappa shape index (κ3) is 2.10. The Kier molecular flexibility index (Phi) is 2.88. The van der Waals surface area contributed by atoms with Crippen molar-refractivity contribution in [2.75, 3.05) is 32.2 Å².